The summed E-state index contributed by atoms with van der Waals surface area (Å²) in [6, 6.07) is 7.86. The highest BCUT2D eigenvalue weighted by Crippen LogP contribution is 2.13. The van der Waals surface area contributed by atoms with E-state index in [0.717, 1.165) is 56.2 Å². The molecule has 2 heterocycles. The van der Waals surface area contributed by atoms with Crippen molar-refractivity contribution < 1.29 is 4.79 Å². The summed E-state index contributed by atoms with van der Waals surface area (Å²) < 4.78 is 2.24. The molecule has 0 spiro atoms. The number of piperazine rings is 1. The molecule has 1 amide bonds. The fraction of sp³-hybridized carbons (Fsp3) is 0.500. The van der Waals surface area contributed by atoms with Crippen molar-refractivity contribution in [1.29, 1.82) is 0 Å². The lowest BCUT2D eigenvalue weighted by atomic mass is 10.1. The number of aryl methyl sites for hydroxylation is 1. The zero-order chi connectivity index (χ0) is 17.8. The molecule has 134 valence electrons. The van der Waals surface area contributed by atoms with E-state index < -0.39 is 0 Å². The first-order chi connectivity index (χ1) is 12.0. The van der Waals surface area contributed by atoms with E-state index in [1.54, 1.807) is 0 Å². The Bertz CT molecular complexity index is 714. The fourth-order valence-corrected chi connectivity index (χ4v) is 3.39. The first-order valence-electron chi connectivity index (χ1n) is 9.14. The quantitative estimate of drug-likeness (QED) is 0.840. The van der Waals surface area contributed by atoms with Crippen molar-refractivity contribution in [3.63, 3.8) is 0 Å². The lowest BCUT2D eigenvalue weighted by Gasteiger charge is -2.35. The normalized spacial score (nSPS) is 15.8. The van der Waals surface area contributed by atoms with Crippen LogP contribution in [0.4, 0.5) is 0 Å². The Hall–Kier alpha value is -2.14. The van der Waals surface area contributed by atoms with Gasteiger partial charge in [-0.05, 0) is 19.1 Å². The van der Waals surface area contributed by atoms with Crippen molar-refractivity contribution in [2.45, 2.75) is 33.2 Å². The number of rotatable bonds is 5. The number of nitrogens with zero attached hydrogens (tertiary/aromatic N) is 4. The van der Waals surface area contributed by atoms with Crippen LogP contribution < -0.4 is 0 Å². The molecule has 1 aliphatic heterocycles. The molecule has 1 fully saturated rings. The van der Waals surface area contributed by atoms with Gasteiger partial charge in [-0.1, -0.05) is 31.5 Å². The second-order valence-electron chi connectivity index (χ2n) is 7.14. The maximum Gasteiger partial charge on any atom is 0.253 e. The minimum Gasteiger partial charge on any atom is -0.336 e. The smallest absolute Gasteiger partial charge is 0.253 e. The monoisotopic (exact) mass is 340 g/mol. The van der Waals surface area contributed by atoms with Crippen molar-refractivity contribution in [3.05, 3.63) is 53.6 Å². The van der Waals surface area contributed by atoms with Crippen LogP contribution in [-0.4, -0.2) is 58.0 Å². The third-order valence-corrected chi connectivity index (χ3v) is 4.85. The number of imidazole rings is 1. The van der Waals surface area contributed by atoms with Crippen LogP contribution in [0.15, 0.2) is 36.7 Å². The second-order valence-corrected chi connectivity index (χ2v) is 7.14. The zero-order valence-electron chi connectivity index (χ0n) is 15.5. The molecular formula is C20H28N4O. The fourth-order valence-electron chi connectivity index (χ4n) is 3.39. The van der Waals surface area contributed by atoms with Gasteiger partial charge in [0.15, 0.2) is 0 Å². The van der Waals surface area contributed by atoms with E-state index in [1.165, 1.54) is 0 Å². The van der Waals surface area contributed by atoms with E-state index in [1.807, 2.05) is 42.3 Å². The molecule has 0 atom stereocenters. The van der Waals surface area contributed by atoms with E-state index in [9.17, 15) is 4.79 Å². The van der Waals surface area contributed by atoms with E-state index in [2.05, 4.69) is 34.5 Å². The number of hydrogen-bond donors (Lipinski definition) is 0. The van der Waals surface area contributed by atoms with Gasteiger partial charge in [0.2, 0.25) is 0 Å². The van der Waals surface area contributed by atoms with Gasteiger partial charge in [0, 0.05) is 63.1 Å². The van der Waals surface area contributed by atoms with Gasteiger partial charge in [-0.25, -0.2) is 4.98 Å². The van der Waals surface area contributed by atoms with E-state index in [0.29, 0.717) is 5.92 Å². The maximum atomic E-state index is 12.6. The van der Waals surface area contributed by atoms with Crippen molar-refractivity contribution >= 4 is 5.91 Å². The van der Waals surface area contributed by atoms with E-state index >= 15 is 0 Å². The average molecular weight is 340 g/mol. The minimum absolute atomic E-state index is 0.153. The van der Waals surface area contributed by atoms with Gasteiger partial charge in [-0.3, -0.25) is 9.69 Å². The molecule has 1 aromatic heterocycles. The van der Waals surface area contributed by atoms with Crippen LogP contribution in [0.1, 0.15) is 41.5 Å². The highest BCUT2D eigenvalue weighted by Gasteiger charge is 2.22. The molecule has 0 aliphatic carbocycles. The number of hydrogen-bond acceptors (Lipinski definition) is 3. The third-order valence-electron chi connectivity index (χ3n) is 4.85. The molecule has 25 heavy (non-hydrogen) atoms. The van der Waals surface area contributed by atoms with Crippen LogP contribution in [0.25, 0.3) is 0 Å². The topological polar surface area (TPSA) is 41.4 Å². The van der Waals surface area contributed by atoms with Crippen LogP contribution in [0.5, 0.6) is 0 Å². The third kappa shape index (κ3) is 4.28. The van der Waals surface area contributed by atoms with Gasteiger partial charge < -0.3 is 9.47 Å². The molecule has 3 rings (SSSR count). The summed E-state index contributed by atoms with van der Waals surface area (Å²) in [6.07, 6.45) is 3.95. The van der Waals surface area contributed by atoms with E-state index in [4.69, 9.17) is 0 Å². The number of amides is 1. The molecule has 1 saturated heterocycles. The summed E-state index contributed by atoms with van der Waals surface area (Å²) in [4.78, 5) is 21.5. The zero-order valence-corrected chi connectivity index (χ0v) is 15.5. The number of carbonyl (C=O) groups is 1. The highest BCUT2D eigenvalue weighted by molar-refractivity contribution is 5.94. The molecule has 5 heteroatoms. The summed E-state index contributed by atoms with van der Waals surface area (Å²) in [5.41, 5.74) is 1.93. The minimum atomic E-state index is 0.153. The van der Waals surface area contributed by atoms with Crippen molar-refractivity contribution in [3.8, 4) is 0 Å². The first-order valence-corrected chi connectivity index (χ1v) is 9.14. The van der Waals surface area contributed by atoms with Gasteiger partial charge in [0.05, 0.1) is 0 Å². The molecule has 0 radical (unpaired) electrons. The van der Waals surface area contributed by atoms with Gasteiger partial charge in [0.1, 0.15) is 5.82 Å². The second kappa shape index (κ2) is 7.83. The highest BCUT2D eigenvalue weighted by atomic mass is 16.2. The Morgan fingerprint density at radius 1 is 1.16 bits per heavy atom. The molecule has 0 N–H and O–H groups in total. The lowest BCUT2D eigenvalue weighted by molar-refractivity contribution is 0.0633. The number of carbonyl (C=O) groups excluding carboxylic acids is 1. The molecule has 0 unspecified atom stereocenters. The molecule has 1 aromatic carbocycles. The number of benzene rings is 1. The predicted molar refractivity (Wildman–Crippen MR) is 99.8 cm³/mol. The van der Waals surface area contributed by atoms with Crippen molar-refractivity contribution in [2.24, 2.45) is 0 Å². The van der Waals surface area contributed by atoms with Crippen LogP contribution in [0.3, 0.4) is 0 Å². The SMILES string of the molecule is Cc1cccc(C(=O)N2CCN(CCn3ccnc3C(C)C)CC2)c1. The molecule has 0 bridgehead atoms. The van der Waals surface area contributed by atoms with E-state index in [-0.39, 0.29) is 5.91 Å². The van der Waals surface area contributed by atoms with Crippen molar-refractivity contribution in [2.75, 3.05) is 32.7 Å². The number of aromatic nitrogens is 2. The summed E-state index contributed by atoms with van der Waals surface area (Å²) in [5.74, 6) is 1.74. The summed E-state index contributed by atoms with van der Waals surface area (Å²) in [5, 5.41) is 0. The molecule has 5 nitrogen and oxygen atoms in total. The Morgan fingerprint density at radius 2 is 1.92 bits per heavy atom. The average Bonchev–Trinajstić information content (AvgIpc) is 3.09. The van der Waals surface area contributed by atoms with Crippen LogP contribution >= 0.6 is 0 Å². The van der Waals surface area contributed by atoms with Gasteiger partial charge >= 0.3 is 0 Å². The standard InChI is InChI=1S/C20H28N4O/c1-16(2)19-21-7-8-23(19)12-9-22-10-13-24(14-11-22)20(25)18-6-4-5-17(3)15-18/h4-8,15-16H,9-14H2,1-3H3. The summed E-state index contributed by atoms with van der Waals surface area (Å²) in [7, 11) is 0. The summed E-state index contributed by atoms with van der Waals surface area (Å²) >= 11 is 0. The van der Waals surface area contributed by atoms with Crippen LogP contribution in [0, 0.1) is 6.92 Å². The van der Waals surface area contributed by atoms with Gasteiger partial charge in [0.25, 0.3) is 5.91 Å². The van der Waals surface area contributed by atoms with Crippen molar-refractivity contribution in [1.82, 2.24) is 19.4 Å². The van der Waals surface area contributed by atoms with Gasteiger partial charge in [-0.15, -0.1) is 0 Å². The predicted octanol–water partition coefficient (Wildman–Crippen LogP) is 2.77. The Kier molecular flexibility index (Phi) is 5.53. The van der Waals surface area contributed by atoms with Crippen LogP contribution in [0.2, 0.25) is 0 Å². The molecule has 1 aliphatic rings. The van der Waals surface area contributed by atoms with Crippen LogP contribution in [-0.2, 0) is 6.54 Å². The lowest BCUT2D eigenvalue weighted by Crippen LogP contribution is -2.49. The molecule has 0 saturated carbocycles. The Balaban J connectivity index is 1.50. The largest absolute Gasteiger partial charge is 0.336 e. The molecule has 2 aromatic rings. The molecular weight excluding hydrogens is 312 g/mol. The Morgan fingerprint density at radius 3 is 2.60 bits per heavy atom. The summed E-state index contributed by atoms with van der Waals surface area (Å²) in [6.45, 7) is 11.8. The Labute approximate surface area is 150 Å². The van der Waals surface area contributed by atoms with Gasteiger partial charge in [-0.2, -0.15) is 0 Å². The maximum absolute atomic E-state index is 12.6. The first kappa shape index (κ1) is 17.7.